The average Bonchev–Trinajstić information content (AvgIpc) is 3.04. The minimum Gasteiger partial charge on any atom is -0.351 e. The molecule has 0 saturated heterocycles. The highest BCUT2D eigenvalue weighted by Gasteiger charge is 2.08. The summed E-state index contributed by atoms with van der Waals surface area (Å²) in [4.78, 5) is 20.4. The number of hydrogen-bond donors (Lipinski definition) is 1. The molecule has 0 aliphatic rings. The first-order chi connectivity index (χ1) is 11.7. The quantitative estimate of drug-likeness (QED) is 0.670. The van der Waals surface area contributed by atoms with Crippen molar-refractivity contribution < 1.29 is 4.79 Å². The van der Waals surface area contributed by atoms with Gasteiger partial charge in [-0.05, 0) is 40.3 Å². The summed E-state index contributed by atoms with van der Waals surface area (Å²) >= 11 is 1.29. The number of carbonyl (C=O) groups excluding carboxylic acids is 1. The molecule has 0 saturated carbocycles. The van der Waals surface area contributed by atoms with Crippen molar-refractivity contribution in [2.75, 3.05) is 5.75 Å². The molecule has 3 aromatic heterocycles. The van der Waals surface area contributed by atoms with Crippen molar-refractivity contribution in [3.63, 3.8) is 0 Å². The first-order valence-corrected chi connectivity index (χ1v) is 8.18. The van der Waals surface area contributed by atoms with Gasteiger partial charge in [0.05, 0.1) is 11.4 Å². The lowest BCUT2D eigenvalue weighted by Crippen LogP contribution is -2.24. The smallest absolute Gasteiger partial charge is 0.230 e. The molecule has 0 unspecified atom stereocenters. The Kier molecular flexibility index (Phi) is 5.12. The highest BCUT2D eigenvalue weighted by molar-refractivity contribution is 7.99. The van der Waals surface area contributed by atoms with E-state index in [4.69, 9.17) is 0 Å². The summed E-state index contributed by atoms with van der Waals surface area (Å²) < 4.78 is 1.53. The number of aromatic nitrogens is 6. The predicted molar refractivity (Wildman–Crippen MR) is 88.8 cm³/mol. The molecule has 3 aromatic rings. The van der Waals surface area contributed by atoms with Crippen LogP contribution >= 0.6 is 11.8 Å². The van der Waals surface area contributed by atoms with E-state index >= 15 is 0 Å². The Balaban J connectivity index is 1.55. The Bertz CT molecular complexity index is 821. The van der Waals surface area contributed by atoms with Gasteiger partial charge in [0.25, 0.3) is 0 Å². The third-order valence-electron chi connectivity index (χ3n) is 3.18. The van der Waals surface area contributed by atoms with Crippen molar-refractivity contribution in [1.29, 1.82) is 0 Å². The summed E-state index contributed by atoms with van der Waals surface area (Å²) in [6.07, 6.45) is 5.21. The zero-order valence-electron chi connectivity index (χ0n) is 13.0. The zero-order chi connectivity index (χ0) is 16.8. The highest BCUT2D eigenvalue weighted by Crippen LogP contribution is 2.16. The molecule has 0 atom stereocenters. The molecular weight excluding hydrogens is 326 g/mol. The van der Waals surface area contributed by atoms with Gasteiger partial charge in [-0.1, -0.05) is 11.8 Å². The molecule has 0 aliphatic carbocycles. The van der Waals surface area contributed by atoms with Gasteiger partial charge in [-0.15, -0.1) is 5.10 Å². The fourth-order valence-corrected chi connectivity index (χ4v) is 2.66. The van der Waals surface area contributed by atoms with Gasteiger partial charge in [0.1, 0.15) is 0 Å². The van der Waals surface area contributed by atoms with Crippen molar-refractivity contribution in [2.45, 2.75) is 11.7 Å². The Hall–Kier alpha value is -2.81. The van der Waals surface area contributed by atoms with E-state index in [9.17, 15) is 4.79 Å². The molecule has 122 valence electrons. The first kappa shape index (κ1) is 16.1. The van der Waals surface area contributed by atoms with Crippen LogP contribution in [0.15, 0.2) is 48.0 Å². The molecule has 8 nitrogen and oxygen atoms in total. The second-order valence-corrected chi connectivity index (χ2v) is 5.88. The summed E-state index contributed by atoms with van der Waals surface area (Å²) in [6.45, 7) is 0.437. The Morgan fingerprint density at radius 2 is 2.25 bits per heavy atom. The van der Waals surface area contributed by atoms with E-state index < -0.39 is 0 Å². The van der Waals surface area contributed by atoms with Gasteiger partial charge in [0.2, 0.25) is 11.1 Å². The molecule has 0 spiro atoms. The number of tetrazole rings is 1. The Morgan fingerprint density at radius 1 is 1.33 bits per heavy atom. The van der Waals surface area contributed by atoms with Crippen LogP contribution in [0.1, 0.15) is 5.56 Å². The number of hydrogen-bond acceptors (Lipinski definition) is 7. The van der Waals surface area contributed by atoms with Gasteiger partial charge < -0.3 is 5.32 Å². The Morgan fingerprint density at radius 3 is 3.00 bits per heavy atom. The van der Waals surface area contributed by atoms with Crippen LogP contribution in [0, 0.1) is 0 Å². The topological polar surface area (TPSA) is 98.5 Å². The second-order valence-electron chi connectivity index (χ2n) is 4.94. The van der Waals surface area contributed by atoms with Gasteiger partial charge in [-0.25, -0.2) is 4.68 Å². The maximum Gasteiger partial charge on any atom is 0.230 e. The Labute approximate surface area is 142 Å². The van der Waals surface area contributed by atoms with E-state index in [1.807, 2.05) is 24.3 Å². The minimum absolute atomic E-state index is 0.0808. The molecule has 1 N–H and O–H groups in total. The summed E-state index contributed by atoms with van der Waals surface area (Å²) in [5.41, 5.74) is 2.74. The number of nitrogens with one attached hydrogen (secondary N) is 1. The van der Waals surface area contributed by atoms with Gasteiger partial charge in [0.15, 0.2) is 0 Å². The van der Waals surface area contributed by atoms with E-state index in [-0.39, 0.29) is 11.7 Å². The van der Waals surface area contributed by atoms with Crippen molar-refractivity contribution in [2.24, 2.45) is 7.05 Å². The molecule has 3 rings (SSSR count). The van der Waals surface area contributed by atoms with E-state index in [0.717, 1.165) is 16.8 Å². The van der Waals surface area contributed by atoms with Crippen LogP contribution in [0.4, 0.5) is 0 Å². The maximum absolute atomic E-state index is 11.9. The van der Waals surface area contributed by atoms with Gasteiger partial charge >= 0.3 is 0 Å². The number of pyridine rings is 2. The van der Waals surface area contributed by atoms with E-state index in [1.54, 1.807) is 25.6 Å². The van der Waals surface area contributed by atoms with Gasteiger partial charge in [-0.3, -0.25) is 14.8 Å². The van der Waals surface area contributed by atoms with Crippen LogP contribution < -0.4 is 5.32 Å². The molecule has 0 radical (unpaired) electrons. The third-order valence-corrected chi connectivity index (χ3v) is 4.20. The summed E-state index contributed by atoms with van der Waals surface area (Å²) in [5.74, 6) is 0.178. The first-order valence-electron chi connectivity index (χ1n) is 7.19. The van der Waals surface area contributed by atoms with Crippen molar-refractivity contribution in [3.8, 4) is 11.3 Å². The van der Waals surface area contributed by atoms with Crippen LogP contribution in [0.5, 0.6) is 0 Å². The van der Waals surface area contributed by atoms with Crippen molar-refractivity contribution >= 4 is 17.7 Å². The predicted octanol–water partition coefficient (Wildman–Crippen LogP) is 1.08. The largest absolute Gasteiger partial charge is 0.351 e. The summed E-state index contributed by atoms with van der Waals surface area (Å²) in [7, 11) is 1.73. The van der Waals surface area contributed by atoms with E-state index in [0.29, 0.717) is 11.7 Å². The van der Waals surface area contributed by atoms with E-state index in [2.05, 4.69) is 30.8 Å². The number of thioether (sulfide) groups is 1. The normalized spacial score (nSPS) is 10.5. The van der Waals surface area contributed by atoms with E-state index in [1.165, 1.54) is 16.4 Å². The summed E-state index contributed by atoms with van der Waals surface area (Å²) in [5, 5.41) is 14.6. The van der Waals surface area contributed by atoms with Crippen LogP contribution in [-0.2, 0) is 18.4 Å². The molecule has 0 aromatic carbocycles. The fourth-order valence-electron chi connectivity index (χ4n) is 1.98. The van der Waals surface area contributed by atoms with Gasteiger partial charge in [0, 0.05) is 37.7 Å². The molecule has 3 heterocycles. The molecular formula is C15H15N7OS. The second kappa shape index (κ2) is 7.64. The van der Waals surface area contributed by atoms with Crippen molar-refractivity contribution in [3.05, 3.63) is 48.4 Å². The van der Waals surface area contributed by atoms with Crippen LogP contribution in [0.2, 0.25) is 0 Å². The highest BCUT2D eigenvalue weighted by atomic mass is 32.2. The molecule has 1 amide bonds. The molecule has 9 heteroatoms. The zero-order valence-corrected chi connectivity index (χ0v) is 13.8. The maximum atomic E-state index is 11.9. The number of rotatable bonds is 6. The van der Waals surface area contributed by atoms with Gasteiger partial charge in [-0.2, -0.15) is 0 Å². The number of nitrogens with zero attached hydrogens (tertiary/aromatic N) is 6. The lowest BCUT2D eigenvalue weighted by Gasteiger charge is -2.06. The summed E-state index contributed by atoms with van der Waals surface area (Å²) in [6, 6.07) is 7.63. The molecule has 24 heavy (non-hydrogen) atoms. The fraction of sp³-hybridized carbons (Fsp3) is 0.200. The van der Waals surface area contributed by atoms with Crippen LogP contribution in [0.3, 0.4) is 0 Å². The standard InChI is InChI=1S/C15H15N7OS/c1-22-15(19-20-21-22)24-10-14(23)18-8-11-4-6-17-13(7-11)12-3-2-5-16-9-12/h2-7,9H,8,10H2,1H3,(H,18,23). The number of amides is 1. The molecule has 0 fully saturated rings. The van der Waals surface area contributed by atoms with Crippen LogP contribution in [-0.4, -0.2) is 41.8 Å². The third kappa shape index (κ3) is 4.13. The molecule has 0 aliphatic heterocycles. The van der Waals surface area contributed by atoms with Crippen molar-refractivity contribution in [1.82, 2.24) is 35.5 Å². The number of aryl methyl sites for hydroxylation is 1. The molecule has 0 bridgehead atoms. The number of carbonyl (C=O) groups is 1. The monoisotopic (exact) mass is 341 g/mol. The SMILES string of the molecule is Cn1nnnc1SCC(=O)NCc1ccnc(-c2cccnc2)c1. The lowest BCUT2D eigenvalue weighted by atomic mass is 10.1. The minimum atomic E-state index is -0.0808. The van der Waals surface area contributed by atoms with Crippen LogP contribution in [0.25, 0.3) is 11.3 Å². The average molecular weight is 341 g/mol. The lowest BCUT2D eigenvalue weighted by molar-refractivity contribution is -0.118.